The van der Waals surface area contributed by atoms with Gasteiger partial charge >= 0.3 is 0 Å². The zero-order valence-electron chi connectivity index (χ0n) is 5.80. The van der Waals surface area contributed by atoms with Crippen LogP contribution in [-0.2, 0) is 0 Å². The highest BCUT2D eigenvalue weighted by Crippen LogP contribution is 2.31. The highest BCUT2D eigenvalue weighted by molar-refractivity contribution is 4.98. The third-order valence-electron chi connectivity index (χ3n) is 1.65. The van der Waals surface area contributed by atoms with Gasteiger partial charge in [0.25, 0.3) is 0 Å². The lowest BCUT2D eigenvalue weighted by atomic mass is 10.2. The summed E-state index contributed by atoms with van der Waals surface area (Å²) in [4.78, 5) is 0. The Balaban J connectivity index is 2.16. The summed E-state index contributed by atoms with van der Waals surface area (Å²) in [5, 5.41) is 2.92. The molecule has 1 aliphatic carbocycles. The maximum absolute atomic E-state index is 5.74. The molecule has 52 valence electrons. The highest BCUT2D eigenvalue weighted by atomic mass is 14.8. The predicted molar refractivity (Wildman–Crippen MR) is 38.9 cm³/mol. The second-order valence-electron chi connectivity index (χ2n) is 2.56. The summed E-state index contributed by atoms with van der Waals surface area (Å²) in [5.41, 5.74) is 5.74. The molecule has 1 rings (SSSR count). The van der Waals surface area contributed by atoms with Gasteiger partial charge in [0.1, 0.15) is 0 Å². The number of nitrogens with two attached hydrogens (primary N) is 1. The summed E-state index contributed by atoms with van der Waals surface area (Å²) in [6, 6.07) is 0.289. The molecule has 1 fully saturated rings. The fraction of sp³-hybridized carbons (Fsp3) is 0.714. The van der Waals surface area contributed by atoms with Crippen molar-refractivity contribution in [3.8, 4) is 0 Å². The van der Waals surface area contributed by atoms with Gasteiger partial charge in [-0.1, -0.05) is 6.08 Å². The molecule has 2 nitrogen and oxygen atoms in total. The first-order valence-corrected chi connectivity index (χ1v) is 3.44. The van der Waals surface area contributed by atoms with E-state index in [1.165, 1.54) is 12.8 Å². The van der Waals surface area contributed by atoms with Crippen LogP contribution in [0.15, 0.2) is 12.3 Å². The van der Waals surface area contributed by atoms with E-state index in [1.54, 1.807) is 0 Å². The summed E-state index contributed by atoms with van der Waals surface area (Å²) in [6.07, 6.45) is 6.56. The van der Waals surface area contributed by atoms with Gasteiger partial charge in [0.05, 0.1) is 0 Å². The highest BCUT2D eigenvalue weighted by Gasteiger charge is 2.26. The lowest BCUT2D eigenvalue weighted by Gasteiger charge is -2.00. The van der Waals surface area contributed by atoms with Gasteiger partial charge in [-0.05, 0) is 25.0 Å². The largest absolute Gasteiger partial charge is 0.394 e. The maximum atomic E-state index is 5.74. The molecule has 0 spiro atoms. The quantitative estimate of drug-likeness (QED) is 0.576. The Hall–Kier alpha value is -0.500. The molecule has 0 heterocycles. The molecule has 0 radical (unpaired) electrons. The van der Waals surface area contributed by atoms with E-state index in [1.807, 2.05) is 19.3 Å². The Morgan fingerprint density at radius 3 is 2.78 bits per heavy atom. The van der Waals surface area contributed by atoms with Crippen LogP contribution in [0.1, 0.15) is 12.8 Å². The summed E-state index contributed by atoms with van der Waals surface area (Å²) in [5.74, 6) is 0.773. The zero-order chi connectivity index (χ0) is 6.69. The molecule has 1 saturated carbocycles. The second kappa shape index (κ2) is 2.87. The molecule has 3 N–H and O–H groups in total. The fourth-order valence-corrected chi connectivity index (χ4v) is 0.846. The minimum atomic E-state index is 0.289. The van der Waals surface area contributed by atoms with Crippen molar-refractivity contribution in [2.75, 3.05) is 7.05 Å². The Bertz CT molecular complexity index is 105. The van der Waals surface area contributed by atoms with Crippen LogP contribution in [0.2, 0.25) is 0 Å². The summed E-state index contributed by atoms with van der Waals surface area (Å²) < 4.78 is 0. The van der Waals surface area contributed by atoms with E-state index >= 15 is 0 Å². The van der Waals surface area contributed by atoms with Crippen molar-refractivity contribution in [2.45, 2.75) is 18.9 Å². The Morgan fingerprint density at radius 1 is 1.67 bits per heavy atom. The molecule has 0 aromatic heterocycles. The van der Waals surface area contributed by atoms with Crippen molar-refractivity contribution in [2.24, 2.45) is 11.7 Å². The van der Waals surface area contributed by atoms with E-state index < -0.39 is 0 Å². The number of nitrogens with one attached hydrogen (secondary N) is 1. The van der Waals surface area contributed by atoms with Crippen LogP contribution in [0.4, 0.5) is 0 Å². The van der Waals surface area contributed by atoms with Crippen LogP contribution in [0.3, 0.4) is 0 Å². The molecule has 0 bridgehead atoms. The number of rotatable bonds is 3. The average molecular weight is 126 g/mol. The Kier molecular flexibility index (Phi) is 2.11. The first-order valence-electron chi connectivity index (χ1n) is 3.44. The first kappa shape index (κ1) is 6.62. The van der Waals surface area contributed by atoms with Crippen LogP contribution in [0.25, 0.3) is 0 Å². The predicted octanol–water partition coefficient (Wildman–Crippen LogP) is 0.457. The summed E-state index contributed by atoms with van der Waals surface area (Å²) in [6.45, 7) is 0. The molecular formula is C7H14N2. The monoisotopic (exact) mass is 126 g/mol. The number of hydrogen-bond acceptors (Lipinski definition) is 2. The molecule has 0 aromatic rings. The van der Waals surface area contributed by atoms with Gasteiger partial charge in [-0.25, -0.2) is 0 Å². The lowest BCUT2D eigenvalue weighted by Crippen LogP contribution is -2.19. The van der Waals surface area contributed by atoms with Gasteiger partial charge in [0.15, 0.2) is 0 Å². The van der Waals surface area contributed by atoms with Gasteiger partial charge in [-0.3, -0.25) is 0 Å². The molecule has 1 unspecified atom stereocenters. The Morgan fingerprint density at radius 2 is 2.33 bits per heavy atom. The topological polar surface area (TPSA) is 38.0 Å². The van der Waals surface area contributed by atoms with Crippen LogP contribution in [0, 0.1) is 5.92 Å². The van der Waals surface area contributed by atoms with Crippen molar-refractivity contribution < 1.29 is 0 Å². The first-order chi connectivity index (χ1) is 4.34. The summed E-state index contributed by atoms with van der Waals surface area (Å²) in [7, 11) is 1.89. The van der Waals surface area contributed by atoms with E-state index in [0.29, 0.717) is 0 Å². The second-order valence-corrected chi connectivity index (χ2v) is 2.56. The maximum Gasteiger partial charge on any atom is 0.0269 e. The van der Waals surface area contributed by atoms with Crippen molar-refractivity contribution in [1.82, 2.24) is 5.32 Å². The fourth-order valence-electron chi connectivity index (χ4n) is 0.846. The zero-order valence-corrected chi connectivity index (χ0v) is 5.80. The Labute approximate surface area is 56.1 Å². The van der Waals surface area contributed by atoms with Crippen LogP contribution in [-0.4, -0.2) is 13.1 Å². The average Bonchev–Trinajstić information content (AvgIpc) is 2.63. The van der Waals surface area contributed by atoms with E-state index in [0.717, 1.165) is 5.92 Å². The van der Waals surface area contributed by atoms with Crippen LogP contribution in [0.5, 0.6) is 0 Å². The molecular weight excluding hydrogens is 112 g/mol. The van der Waals surface area contributed by atoms with Crippen molar-refractivity contribution >= 4 is 0 Å². The number of hydrogen-bond donors (Lipinski definition) is 2. The molecule has 1 atom stereocenters. The third kappa shape index (κ3) is 2.06. The van der Waals surface area contributed by atoms with E-state index in [-0.39, 0.29) is 6.04 Å². The molecule has 0 aromatic carbocycles. The molecule has 0 amide bonds. The normalized spacial score (nSPS) is 22.4. The minimum absolute atomic E-state index is 0.289. The minimum Gasteiger partial charge on any atom is -0.394 e. The smallest absolute Gasteiger partial charge is 0.0269 e. The molecule has 9 heavy (non-hydrogen) atoms. The summed E-state index contributed by atoms with van der Waals surface area (Å²) >= 11 is 0. The van der Waals surface area contributed by atoms with Gasteiger partial charge in [0, 0.05) is 13.1 Å². The van der Waals surface area contributed by atoms with Crippen LogP contribution >= 0.6 is 0 Å². The van der Waals surface area contributed by atoms with Crippen molar-refractivity contribution in [3.63, 3.8) is 0 Å². The van der Waals surface area contributed by atoms with Gasteiger partial charge in [-0.15, -0.1) is 0 Å². The lowest BCUT2D eigenvalue weighted by molar-refractivity contribution is 0.706. The van der Waals surface area contributed by atoms with Gasteiger partial charge in [-0.2, -0.15) is 0 Å². The molecule has 0 saturated heterocycles. The van der Waals surface area contributed by atoms with E-state index in [9.17, 15) is 0 Å². The van der Waals surface area contributed by atoms with Gasteiger partial charge < -0.3 is 11.1 Å². The van der Waals surface area contributed by atoms with E-state index in [2.05, 4.69) is 5.32 Å². The van der Waals surface area contributed by atoms with E-state index in [4.69, 9.17) is 5.73 Å². The van der Waals surface area contributed by atoms with Crippen molar-refractivity contribution in [3.05, 3.63) is 12.3 Å². The van der Waals surface area contributed by atoms with Gasteiger partial charge in [0.2, 0.25) is 0 Å². The van der Waals surface area contributed by atoms with Crippen molar-refractivity contribution in [1.29, 1.82) is 0 Å². The van der Waals surface area contributed by atoms with Crippen LogP contribution < -0.4 is 11.1 Å². The molecule has 1 aliphatic rings. The standard InChI is InChI=1S/C7H14N2/c1-9-5-4-7(8)6-2-3-6/h4-7,9H,2-3,8H2,1H3/b5-4-. The SMILES string of the molecule is CN/C=C\C(N)C1CC1. The molecule has 0 aliphatic heterocycles. The third-order valence-corrected chi connectivity index (χ3v) is 1.65. The molecule has 2 heteroatoms.